The number of ether oxygens (including phenoxy) is 2. The van der Waals surface area contributed by atoms with Gasteiger partial charge in [-0.1, -0.05) is 6.07 Å². The maximum absolute atomic E-state index is 12.6. The second-order valence-electron chi connectivity index (χ2n) is 4.83. The smallest absolute Gasteiger partial charge is 0.323 e. The van der Waals surface area contributed by atoms with E-state index in [1.54, 1.807) is 43.5 Å². The molecule has 1 heterocycles. The number of aromatic nitrogens is 2. The maximum atomic E-state index is 12.6. The van der Waals surface area contributed by atoms with Gasteiger partial charge in [0.2, 0.25) is 0 Å². The molecular weight excluding hydrogens is 298 g/mol. The molecule has 0 radical (unpaired) electrons. The Morgan fingerprint density at radius 2 is 1.91 bits per heavy atom. The summed E-state index contributed by atoms with van der Waals surface area (Å²) in [4.78, 5) is 29.2. The molecule has 0 aliphatic carbocycles. The first-order chi connectivity index (χ1) is 11.1. The number of H-pyrrole nitrogens is 2. The Morgan fingerprint density at radius 3 is 2.65 bits per heavy atom. The molecule has 7 heteroatoms. The van der Waals surface area contributed by atoms with Crippen molar-refractivity contribution in [1.29, 1.82) is 0 Å². The number of imidazole rings is 1. The predicted octanol–water partition coefficient (Wildman–Crippen LogP) is 2.13. The van der Waals surface area contributed by atoms with E-state index in [0.29, 0.717) is 33.8 Å². The number of benzene rings is 2. The molecule has 0 spiro atoms. The molecule has 23 heavy (non-hydrogen) atoms. The number of fused-ring (bicyclic) bond motifs is 1. The standard InChI is InChI=1S/C16H15N3O4/c1-22-9-6-7-13(23-2)12(8-9)17-15(20)10-4-3-5-11-14(10)19-16(21)18-11/h3-8H,1-2H3,(H,17,20)(H2,18,19,21). The molecule has 118 valence electrons. The number of hydrogen-bond acceptors (Lipinski definition) is 4. The summed E-state index contributed by atoms with van der Waals surface area (Å²) in [6.45, 7) is 0. The van der Waals surface area contributed by atoms with Crippen molar-refractivity contribution in [2.75, 3.05) is 19.5 Å². The summed E-state index contributed by atoms with van der Waals surface area (Å²) in [6.07, 6.45) is 0. The molecular formula is C16H15N3O4. The minimum absolute atomic E-state index is 0.353. The third-order valence-corrected chi connectivity index (χ3v) is 3.45. The lowest BCUT2D eigenvalue weighted by molar-refractivity contribution is 0.102. The highest BCUT2D eigenvalue weighted by Gasteiger charge is 2.15. The van der Waals surface area contributed by atoms with Gasteiger partial charge in [-0.2, -0.15) is 0 Å². The highest BCUT2D eigenvalue weighted by molar-refractivity contribution is 6.11. The van der Waals surface area contributed by atoms with E-state index in [1.165, 1.54) is 7.11 Å². The fourth-order valence-corrected chi connectivity index (χ4v) is 2.35. The Labute approximate surface area is 131 Å². The van der Waals surface area contributed by atoms with Gasteiger partial charge in [0.15, 0.2) is 0 Å². The number of carbonyl (C=O) groups is 1. The first kappa shape index (κ1) is 14.7. The van der Waals surface area contributed by atoms with Gasteiger partial charge in [0.1, 0.15) is 11.5 Å². The first-order valence-corrected chi connectivity index (χ1v) is 6.87. The van der Waals surface area contributed by atoms with Crippen LogP contribution in [0.5, 0.6) is 11.5 Å². The molecule has 0 saturated heterocycles. The average Bonchev–Trinajstić information content (AvgIpc) is 2.94. The highest BCUT2D eigenvalue weighted by Crippen LogP contribution is 2.29. The number of anilines is 1. The van der Waals surface area contributed by atoms with Crippen LogP contribution in [-0.4, -0.2) is 30.1 Å². The van der Waals surface area contributed by atoms with Crippen molar-refractivity contribution < 1.29 is 14.3 Å². The SMILES string of the molecule is COc1ccc(OC)c(NC(=O)c2cccc3[nH]c(=O)[nH]c23)c1. The van der Waals surface area contributed by atoms with Crippen molar-refractivity contribution in [3.8, 4) is 11.5 Å². The second-order valence-corrected chi connectivity index (χ2v) is 4.83. The van der Waals surface area contributed by atoms with Crippen molar-refractivity contribution >= 4 is 22.6 Å². The molecule has 0 fully saturated rings. The molecule has 0 aliphatic heterocycles. The van der Waals surface area contributed by atoms with E-state index in [4.69, 9.17) is 9.47 Å². The minimum Gasteiger partial charge on any atom is -0.497 e. The molecule has 0 bridgehead atoms. The lowest BCUT2D eigenvalue weighted by atomic mass is 10.1. The van der Waals surface area contributed by atoms with Gasteiger partial charge >= 0.3 is 5.69 Å². The average molecular weight is 313 g/mol. The van der Waals surface area contributed by atoms with Crippen LogP contribution in [0.2, 0.25) is 0 Å². The van der Waals surface area contributed by atoms with Crippen LogP contribution >= 0.6 is 0 Å². The fraction of sp³-hybridized carbons (Fsp3) is 0.125. The van der Waals surface area contributed by atoms with Gasteiger partial charge in [-0.15, -0.1) is 0 Å². The Kier molecular flexibility index (Phi) is 3.76. The van der Waals surface area contributed by atoms with Crippen LogP contribution in [0.1, 0.15) is 10.4 Å². The summed E-state index contributed by atoms with van der Waals surface area (Å²) >= 11 is 0. The molecule has 1 aromatic heterocycles. The molecule has 1 amide bonds. The van der Waals surface area contributed by atoms with E-state index in [0.717, 1.165) is 0 Å². The van der Waals surface area contributed by atoms with E-state index >= 15 is 0 Å². The Hall–Kier alpha value is -3.22. The number of carbonyl (C=O) groups excluding carboxylic acids is 1. The molecule has 2 aromatic carbocycles. The molecule has 0 unspecified atom stereocenters. The van der Waals surface area contributed by atoms with E-state index in [-0.39, 0.29) is 11.6 Å². The van der Waals surface area contributed by atoms with Gasteiger partial charge in [-0.3, -0.25) is 4.79 Å². The molecule has 7 nitrogen and oxygen atoms in total. The largest absolute Gasteiger partial charge is 0.497 e. The zero-order valence-corrected chi connectivity index (χ0v) is 12.6. The van der Waals surface area contributed by atoms with Gasteiger partial charge in [0.25, 0.3) is 5.91 Å². The van der Waals surface area contributed by atoms with Crippen LogP contribution in [0, 0.1) is 0 Å². The van der Waals surface area contributed by atoms with Crippen LogP contribution in [0.4, 0.5) is 5.69 Å². The maximum Gasteiger partial charge on any atom is 0.323 e. The van der Waals surface area contributed by atoms with Crippen molar-refractivity contribution in [1.82, 2.24) is 9.97 Å². The van der Waals surface area contributed by atoms with Gasteiger partial charge in [0.05, 0.1) is 36.5 Å². The Balaban J connectivity index is 1.99. The fourth-order valence-electron chi connectivity index (χ4n) is 2.35. The normalized spacial score (nSPS) is 10.5. The van der Waals surface area contributed by atoms with Crippen LogP contribution in [0.3, 0.4) is 0 Å². The molecule has 0 atom stereocenters. The molecule has 3 N–H and O–H groups in total. The molecule has 0 saturated carbocycles. The number of hydrogen-bond donors (Lipinski definition) is 3. The molecule has 0 aliphatic rings. The third kappa shape index (κ3) is 2.76. The summed E-state index contributed by atoms with van der Waals surface area (Å²) in [6, 6.07) is 10.1. The Bertz CT molecular complexity index is 926. The number of rotatable bonds is 4. The third-order valence-electron chi connectivity index (χ3n) is 3.45. The number of amides is 1. The quantitative estimate of drug-likeness (QED) is 0.687. The summed E-state index contributed by atoms with van der Waals surface area (Å²) in [7, 11) is 3.06. The lowest BCUT2D eigenvalue weighted by Gasteiger charge is -2.12. The van der Waals surface area contributed by atoms with E-state index in [9.17, 15) is 9.59 Å². The van der Waals surface area contributed by atoms with Gasteiger partial charge in [-0.25, -0.2) is 4.79 Å². The van der Waals surface area contributed by atoms with E-state index in [2.05, 4.69) is 15.3 Å². The summed E-state index contributed by atoms with van der Waals surface area (Å²) in [5.41, 5.74) is 1.49. The first-order valence-electron chi connectivity index (χ1n) is 6.87. The van der Waals surface area contributed by atoms with Crippen molar-refractivity contribution in [2.24, 2.45) is 0 Å². The second kappa shape index (κ2) is 5.88. The highest BCUT2D eigenvalue weighted by atomic mass is 16.5. The van der Waals surface area contributed by atoms with Crippen LogP contribution in [0.15, 0.2) is 41.2 Å². The number of aromatic amines is 2. The van der Waals surface area contributed by atoms with Crippen LogP contribution < -0.4 is 20.5 Å². The van der Waals surface area contributed by atoms with Gasteiger partial charge in [0, 0.05) is 6.07 Å². The zero-order valence-electron chi connectivity index (χ0n) is 12.6. The predicted molar refractivity (Wildman–Crippen MR) is 86.4 cm³/mol. The Morgan fingerprint density at radius 1 is 1.09 bits per heavy atom. The van der Waals surface area contributed by atoms with Crippen molar-refractivity contribution in [3.63, 3.8) is 0 Å². The monoisotopic (exact) mass is 313 g/mol. The van der Waals surface area contributed by atoms with Crippen LogP contribution in [0.25, 0.3) is 11.0 Å². The summed E-state index contributed by atoms with van der Waals surface area (Å²) < 4.78 is 10.4. The van der Waals surface area contributed by atoms with Crippen molar-refractivity contribution in [2.45, 2.75) is 0 Å². The topological polar surface area (TPSA) is 96.2 Å². The summed E-state index contributed by atoms with van der Waals surface area (Å²) in [5.74, 6) is 0.737. The number of para-hydroxylation sites is 1. The molecule has 3 aromatic rings. The lowest BCUT2D eigenvalue weighted by Crippen LogP contribution is -2.13. The minimum atomic E-state index is -0.364. The molecule has 3 rings (SSSR count). The van der Waals surface area contributed by atoms with Gasteiger partial charge < -0.3 is 24.8 Å². The van der Waals surface area contributed by atoms with Crippen LogP contribution in [-0.2, 0) is 0 Å². The number of nitrogens with one attached hydrogen (secondary N) is 3. The van der Waals surface area contributed by atoms with Gasteiger partial charge in [-0.05, 0) is 24.3 Å². The summed E-state index contributed by atoms with van der Waals surface area (Å²) in [5, 5.41) is 2.77. The van der Waals surface area contributed by atoms with E-state index < -0.39 is 0 Å². The number of methoxy groups -OCH3 is 2. The zero-order chi connectivity index (χ0) is 16.4. The van der Waals surface area contributed by atoms with E-state index in [1.807, 2.05) is 0 Å². The van der Waals surface area contributed by atoms with Crippen molar-refractivity contribution in [3.05, 3.63) is 52.4 Å².